The van der Waals surface area contributed by atoms with Crippen LogP contribution in [0.5, 0.6) is 5.75 Å². The zero-order chi connectivity index (χ0) is 19.2. The molecule has 0 bridgehead atoms. The van der Waals surface area contributed by atoms with Crippen LogP contribution in [0.2, 0.25) is 0 Å². The Morgan fingerprint density at radius 3 is 2.38 bits per heavy atom. The quantitative estimate of drug-likeness (QED) is 0.798. The molecule has 1 aromatic rings. The summed E-state index contributed by atoms with van der Waals surface area (Å²) in [6, 6.07) is 7.76. The number of nitrogens with zero attached hydrogens (tertiary/aromatic N) is 1. The van der Waals surface area contributed by atoms with Crippen molar-refractivity contribution in [2.24, 2.45) is 5.92 Å². The van der Waals surface area contributed by atoms with Gasteiger partial charge in [0.25, 0.3) is 0 Å². The molecule has 146 valence electrons. The van der Waals surface area contributed by atoms with Crippen LogP contribution in [-0.4, -0.2) is 49.3 Å². The summed E-state index contributed by atoms with van der Waals surface area (Å²) in [5.41, 5.74) is 1.10. The Morgan fingerprint density at radius 2 is 1.85 bits per heavy atom. The molecule has 1 aromatic carbocycles. The number of alkyl halides is 3. The van der Waals surface area contributed by atoms with Gasteiger partial charge >= 0.3 is 6.18 Å². The van der Waals surface area contributed by atoms with Crippen molar-refractivity contribution >= 4 is 5.91 Å². The second-order valence-electron chi connectivity index (χ2n) is 7.02. The maximum Gasteiger partial charge on any atom is 0.401 e. The van der Waals surface area contributed by atoms with Crippen molar-refractivity contribution in [1.29, 1.82) is 0 Å². The Bertz CT molecular complexity index is 565. The molecule has 0 atom stereocenters. The summed E-state index contributed by atoms with van der Waals surface area (Å²) < 4.78 is 42.7. The van der Waals surface area contributed by atoms with E-state index in [-0.39, 0.29) is 17.9 Å². The van der Waals surface area contributed by atoms with Gasteiger partial charge in [-0.25, -0.2) is 0 Å². The van der Waals surface area contributed by atoms with Crippen molar-refractivity contribution < 1.29 is 22.7 Å². The summed E-state index contributed by atoms with van der Waals surface area (Å²) in [6.07, 6.45) is -2.39. The van der Waals surface area contributed by atoms with Crippen molar-refractivity contribution in [3.8, 4) is 5.75 Å². The molecule has 1 saturated heterocycles. The van der Waals surface area contributed by atoms with Crippen LogP contribution >= 0.6 is 0 Å². The highest BCUT2D eigenvalue weighted by Crippen LogP contribution is 2.22. The SMILES string of the molecule is CC(C)Oc1ccc(CCNC(=O)C2CCN(CC(F)(F)F)CC2)cc1. The summed E-state index contributed by atoms with van der Waals surface area (Å²) >= 11 is 0. The number of ether oxygens (including phenoxy) is 1. The number of amides is 1. The summed E-state index contributed by atoms with van der Waals surface area (Å²) in [7, 11) is 0. The highest BCUT2D eigenvalue weighted by Gasteiger charge is 2.33. The van der Waals surface area contributed by atoms with Crippen LogP contribution in [0.25, 0.3) is 0 Å². The van der Waals surface area contributed by atoms with Crippen LogP contribution in [0.3, 0.4) is 0 Å². The summed E-state index contributed by atoms with van der Waals surface area (Å²) in [6.45, 7) is 4.20. The molecular weight excluding hydrogens is 345 g/mol. The van der Waals surface area contributed by atoms with Gasteiger partial charge in [0.05, 0.1) is 12.6 Å². The lowest BCUT2D eigenvalue weighted by molar-refractivity contribution is -0.149. The van der Waals surface area contributed by atoms with E-state index in [0.717, 1.165) is 11.3 Å². The normalized spacial score (nSPS) is 16.7. The molecule has 7 heteroatoms. The average molecular weight is 372 g/mol. The van der Waals surface area contributed by atoms with Crippen LogP contribution < -0.4 is 10.1 Å². The van der Waals surface area contributed by atoms with E-state index in [1.165, 1.54) is 4.90 Å². The maximum atomic E-state index is 12.4. The molecule has 26 heavy (non-hydrogen) atoms. The number of carbonyl (C=O) groups is 1. The van der Waals surface area contributed by atoms with Crippen LogP contribution in [0, 0.1) is 5.92 Å². The van der Waals surface area contributed by atoms with Gasteiger partial charge in [-0.2, -0.15) is 13.2 Å². The maximum absolute atomic E-state index is 12.4. The van der Waals surface area contributed by atoms with Crippen molar-refractivity contribution in [3.63, 3.8) is 0 Å². The molecule has 2 rings (SSSR count). The van der Waals surface area contributed by atoms with Crippen molar-refractivity contribution in [2.75, 3.05) is 26.2 Å². The molecule has 0 aliphatic carbocycles. The van der Waals surface area contributed by atoms with E-state index in [2.05, 4.69) is 5.32 Å². The van der Waals surface area contributed by atoms with E-state index < -0.39 is 12.7 Å². The number of benzene rings is 1. The molecule has 0 spiro atoms. The highest BCUT2D eigenvalue weighted by atomic mass is 19.4. The number of piperidine rings is 1. The van der Waals surface area contributed by atoms with Crippen LogP contribution in [-0.2, 0) is 11.2 Å². The number of hydrogen-bond acceptors (Lipinski definition) is 3. The van der Waals surface area contributed by atoms with Crippen molar-refractivity contribution in [3.05, 3.63) is 29.8 Å². The monoisotopic (exact) mass is 372 g/mol. The van der Waals surface area contributed by atoms with E-state index in [1.54, 1.807) is 0 Å². The summed E-state index contributed by atoms with van der Waals surface area (Å²) in [4.78, 5) is 13.5. The average Bonchev–Trinajstić information content (AvgIpc) is 2.55. The van der Waals surface area contributed by atoms with E-state index in [9.17, 15) is 18.0 Å². The molecule has 1 heterocycles. The smallest absolute Gasteiger partial charge is 0.401 e. The molecule has 1 fully saturated rings. The lowest BCUT2D eigenvalue weighted by atomic mass is 9.96. The fraction of sp³-hybridized carbons (Fsp3) is 0.632. The molecule has 4 nitrogen and oxygen atoms in total. The number of halogens is 3. The fourth-order valence-electron chi connectivity index (χ4n) is 3.09. The number of nitrogens with one attached hydrogen (secondary N) is 1. The standard InChI is InChI=1S/C19H27F3N2O2/c1-14(2)26-17-5-3-15(4-6-17)7-10-23-18(25)16-8-11-24(12-9-16)13-19(20,21)22/h3-6,14,16H,7-13H2,1-2H3,(H,23,25). The first kappa shape index (κ1) is 20.6. The Kier molecular flexibility index (Phi) is 7.32. The predicted molar refractivity (Wildman–Crippen MR) is 94.1 cm³/mol. The Balaban J connectivity index is 1.68. The van der Waals surface area contributed by atoms with E-state index >= 15 is 0 Å². The third-order valence-corrected chi connectivity index (χ3v) is 4.37. The highest BCUT2D eigenvalue weighted by molar-refractivity contribution is 5.78. The number of rotatable bonds is 7. The zero-order valence-electron chi connectivity index (χ0n) is 15.3. The first-order valence-corrected chi connectivity index (χ1v) is 9.05. The van der Waals surface area contributed by atoms with E-state index in [0.29, 0.717) is 38.9 Å². The number of carbonyl (C=O) groups excluding carboxylic acids is 1. The number of hydrogen-bond donors (Lipinski definition) is 1. The van der Waals surface area contributed by atoms with Crippen LogP contribution in [0.4, 0.5) is 13.2 Å². The van der Waals surface area contributed by atoms with Gasteiger partial charge in [-0.05, 0) is 63.9 Å². The molecule has 0 unspecified atom stereocenters. The third kappa shape index (κ3) is 7.23. The molecule has 1 N–H and O–H groups in total. The minimum absolute atomic E-state index is 0.0589. The zero-order valence-corrected chi connectivity index (χ0v) is 15.3. The Morgan fingerprint density at radius 1 is 1.23 bits per heavy atom. The molecule has 0 aromatic heterocycles. The first-order valence-electron chi connectivity index (χ1n) is 9.05. The van der Waals surface area contributed by atoms with E-state index in [4.69, 9.17) is 4.74 Å². The van der Waals surface area contributed by atoms with Crippen LogP contribution in [0.1, 0.15) is 32.3 Å². The molecule has 1 aliphatic rings. The molecular formula is C19H27F3N2O2. The van der Waals surface area contributed by atoms with Gasteiger partial charge in [-0.3, -0.25) is 9.69 Å². The van der Waals surface area contributed by atoms with Crippen molar-refractivity contribution in [2.45, 2.75) is 45.4 Å². The van der Waals surface area contributed by atoms with Gasteiger partial charge in [0, 0.05) is 12.5 Å². The number of likely N-dealkylation sites (tertiary alicyclic amines) is 1. The largest absolute Gasteiger partial charge is 0.491 e. The van der Waals surface area contributed by atoms with Crippen molar-refractivity contribution in [1.82, 2.24) is 10.2 Å². The Labute approximate surface area is 152 Å². The molecule has 1 amide bonds. The van der Waals surface area contributed by atoms with Gasteiger partial charge in [0.1, 0.15) is 5.75 Å². The van der Waals surface area contributed by atoms with E-state index in [1.807, 2.05) is 38.1 Å². The first-order chi connectivity index (χ1) is 12.2. The second-order valence-corrected chi connectivity index (χ2v) is 7.02. The Hall–Kier alpha value is -1.76. The lowest BCUT2D eigenvalue weighted by Crippen LogP contribution is -2.44. The third-order valence-electron chi connectivity index (χ3n) is 4.37. The molecule has 1 aliphatic heterocycles. The van der Waals surface area contributed by atoms with Crippen LogP contribution in [0.15, 0.2) is 24.3 Å². The molecule has 0 saturated carbocycles. The van der Waals surface area contributed by atoms with Gasteiger partial charge in [0.2, 0.25) is 5.91 Å². The minimum atomic E-state index is -4.18. The fourth-order valence-corrected chi connectivity index (χ4v) is 3.09. The summed E-state index contributed by atoms with van der Waals surface area (Å²) in [5.74, 6) is 0.566. The second kappa shape index (κ2) is 9.26. The van der Waals surface area contributed by atoms with Gasteiger partial charge in [-0.1, -0.05) is 12.1 Å². The van der Waals surface area contributed by atoms with Gasteiger partial charge in [0.15, 0.2) is 0 Å². The summed E-state index contributed by atoms with van der Waals surface area (Å²) in [5, 5.41) is 2.90. The van der Waals surface area contributed by atoms with Gasteiger partial charge in [-0.15, -0.1) is 0 Å². The van der Waals surface area contributed by atoms with Gasteiger partial charge < -0.3 is 10.1 Å². The molecule has 0 radical (unpaired) electrons. The predicted octanol–water partition coefficient (Wildman–Crippen LogP) is 3.41. The lowest BCUT2D eigenvalue weighted by Gasteiger charge is -2.31. The topological polar surface area (TPSA) is 41.6 Å². The minimum Gasteiger partial charge on any atom is -0.491 e.